The van der Waals surface area contributed by atoms with E-state index in [0.29, 0.717) is 16.9 Å². The maximum absolute atomic E-state index is 14.1. The Morgan fingerprint density at radius 2 is 1.60 bits per heavy atom. The van der Waals surface area contributed by atoms with E-state index in [1.54, 1.807) is 25.1 Å². The van der Waals surface area contributed by atoms with E-state index >= 15 is 0 Å². The van der Waals surface area contributed by atoms with Gasteiger partial charge in [0.05, 0.1) is 21.2 Å². The molecule has 0 bridgehead atoms. The summed E-state index contributed by atoms with van der Waals surface area (Å²) >= 11 is 6.30. The largest absolute Gasteiger partial charge is 0.416 e. The number of halogens is 4. The van der Waals surface area contributed by atoms with Gasteiger partial charge >= 0.3 is 6.18 Å². The Labute approximate surface area is 255 Å². The topological polar surface area (TPSA) is 86.8 Å². The van der Waals surface area contributed by atoms with E-state index in [2.05, 4.69) is 5.32 Å². The summed E-state index contributed by atoms with van der Waals surface area (Å²) in [5.74, 6) is -1.08. The van der Waals surface area contributed by atoms with Crippen LogP contribution in [0.15, 0.2) is 77.7 Å². The van der Waals surface area contributed by atoms with E-state index in [9.17, 15) is 31.2 Å². The Balaban J connectivity index is 2.15. The lowest BCUT2D eigenvalue weighted by Crippen LogP contribution is -2.52. The van der Waals surface area contributed by atoms with Gasteiger partial charge in [0, 0.05) is 13.1 Å². The fraction of sp³-hybridized carbons (Fsp3) is 0.355. The lowest BCUT2D eigenvalue weighted by molar-refractivity contribution is -0.140. The first-order chi connectivity index (χ1) is 20.2. The van der Waals surface area contributed by atoms with Gasteiger partial charge in [-0.2, -0.15) is 13.2 Å². The average molecular weight is 638 g/mol. The van der Waals surface area contributed by atoms with Crippen LogP contribution in [0.5, 0.6) is 0 Å². The molecule has 0 aromatic heterocycles. The zero-order valence-electron chi connectivity index (χ0n) is 24.4. The first kappa shape index (κ1) is 33.9. The van der Waals surface area contributed by atoms with Crippen molar-refractivity contribution in [2.45, 2.75) is 57.8 Å². The van der Waals surface area contributed by atoms with Gasteiger partial charge < -0.3 is 10.2 Å². The van der Waals surface area contributed by atoms with Crippen molar-refractivity contribution in [3.8, 4) is 0 Å². The Morgan fingerprint density at radius 3 is 2.19 bits per heavy atom. The number of rotatable bonds is 12. The van der Waals surface area contributed by atoms with E-state index in [1.807, 2.05) is 32.9 Å². The van der Waals surface area contributed by atoms with Crippen LogP contribution >= 0.6 is 11.6 Å². The molecule has 0 saturated heterocycles. The molecule has 0 fully saturated rings. The van der Waals surface area contributed by atoms with Crippen molar-refractivity contribution >= 4 is 39.1 Å². The van der Waals surface area contributed by atoms with E-state index < -0.39 is 51.9 Å². The molecule has 0 aliphatic carbocycles. The standard InChI is InChI=1S/C31H35ClF3N3O4S/c1-5-27(30(40)36-18-21(2)3)37(19-23-12-10-9-11-22(23)4)29(39)20-38(43(41,42)25-13-7-6-8-14-25)28-17-24(31(33,34)35)15-16-26(28)32/h6-17,21,27H,5,18-20H2,1-4H3,(H,36,40)/t27-/m0/s1. The molecule has 232 valence electrons. The predicted molar refractivity (Wildman–Crippen MR) is 161 cm³/mol. The molecule has 1 atom stereocenters. The van der Waals surface area contributed by atoms with Crippen molar-refractivity contribution in [2.24, 2.45) is 5.92 Å². The van der Waals surface area contributed by atoms with Gasteiger partial charge in [0.25, 0.3) is 10.0 Å². The molecule has 0 unspecified atom stereocenters. The number of amides is 2. The smallest absolute Gasteiger partial charge is 0.354 e. The number of aryl methyl sites for hydroxylation is 1. The van der Waals surface area contributed by atoms with E-state index in [4.69, 9.17) is 11.6 Å². The van der Waals surface area contributed by atoms with Crippen molar-refractivity contribution in [3.05, 3.63) is 94.5 Å². The van der Waals surface area contributed by atoms with Crippen LogP contribution in [0.4, 0.5) is 18.9 Å². The molecule has 3 aromatic rings. The summed E-state index contributed by atoms with van der Waals surface area (Å²) in [5, 5.41) is 2.53. The number of benzene rings is 3. The number of sulfonamides is 1. The molecule has 2 amide bonds. The molecule has 43 heavy (non-hydrogen) atoms. The maximum Gasteiger partial charge on any atom is 0.416 e. The normalized spacial score (nSPS) is 12.6. The van der Waals surface area contributed by atoms with E-state index in [0.717, 1.165) is 23.3 Å². The molecule has 0 aliphatic rings. The van der Waals surface area contributed by atoms with Gasteiger partial charge in [-0.05, 0) is 60.7 Å². The minimum atomic E-state index is -4.80. The summed E-state index contributed by atoms with van der Waals surface area (Å²) in [6, 6.07) is 15.6. The van der Waals surface area contributed by atoms with Gasteiger partial charge in [-0.3, -0.25) is 13.9 Å². The highest BCUT2D eigenvalue weighted by molar-refractivity contribution is 7.92. The molecule has 3 rings (SSSR count). The molecular weight excluding hydrogens is 603 g/mol. The lowest BCUT2D eigenvalue weighted by atomic mass is 10.1. The van der Waals surface area contributed by atoms with E-state index in [1.165, 1.54) is 29.2 Å². The van der Waals surface area contributed by atoms with Crippen molar-refractivity contribution in [2.75, 3.05) is 17.4 Å². The van der Waals surface area contributed by atoms with Crippen molar-refractivity contribution in [1.29, 1.82) is 0 Å². The van der Waals surface area contributed by atoms with Gasteiger partial charge in [0.2, 0.25) is 11.8 Å². The molecule has 0 radical (unpaired) electrons. The third kappa shape index (κ3) is 8.51. The Hall–Kier alpha value is -3.57. The molecule has 1 N–H and O–H groups in total. The quantitative estimate of drug-likeness (QED) is 0.248. The van der Waals surface area contributed by atoms with Gasteiger partial charge in [-0.1, -0.05) is 74.8 Å². The number of carbonyl (C=O) groups excluding carboxylic acids is 2. The van der Waals surface area contributed by atoms with Crippen molar-refractivity contribution in [3.63, 3.8) is 0 Å². The molecule has 3 aromatic carbocycles. The second-order valence-electron chi connectivity index (χ2n) is 10.5. The minimum Gasteiger partial charge on any atom is -0.354 e. The van der Waals surface area contributed by atoms with Crippen molar-refractivity contribution < 1.29 is 31.2 Å². The van der Waals surface area contributed by atoms with Crippen LogP contribution in [0.1, 0.15) is 43.9 Å². The van der Waals surface area contributed by atoms with Crippen LogP contribution in [0, 0.1) is 12.8 Å². The summed E-state index contributed by atoms with van der Waals surface area (Å²) in [5.41, 5.74) is -0.0846. The third-order valence-electron chi connectivity index (χ3n) is 6.82. The summed E-state index contributed by atoms with van der Waals surface area (Å²) in [7, 11) is -4.59. The number of anilines is 1. The highest BCUT2D eigenvalue weighted by Gasteiger charge is 2.37. The first-order valence-electron chi connectivity index (χ1n) is 13.7. The fourth-order valence-electron chi connectivity index (χ4n) is 4.43. The second kappa shape index (κ2) is 14.3. The van der Waals surface area contributed by atoms with Gasteiger partial charge in [-0.15, -0.1) is 0 Å². The van der Waals surface area contributed by atoms with Crippen LogP contribution in [-0.4, -0.2) is 44.3 Å². The number of alkyl halides is 3. The Kier molecular flexibility index (Phi) is 11.3. The minimum absolute atomic E-state index is 0.0331. The summed E-state index contributed by atoms with van der Waals surface area (Å²) in [6.45, 7) is 6.82. The molecule has 0 saturated carbocycles. The molecule has 0 heterocycles. The molecular formula is C31H35ClF3N3O4S. The van der Waals surface area contributed by atoms with Crippen LogP contribution in [0.3, 0.4) is 0 Å². The predicted octanol–water partition coefficient (Wildman–Crippen LogP) is 6.44. The molecule has 7 nitrogen and oxygen atoms in total. The SMILES string of the molecule is CC[C@@H](C(=O)NCC(C)C)N(Cc1ccccc1C)C(=O)CN(c1cc(C(F)(F)F)ccc1Cl)S(=O)(=O)c1ccccc1. The number of nitrogens with zero attached hydrogens (tertiary/aromatic N) is 2. The summed E-state index contributed by atoms with van der Waals surface area (Å²) in [4.78, 5) is 28.5. The van der Waals surface area contributed by atoms with Gasteiger partial charge in [0.1, 0.15) is 12.6 Å². The second-order valence-corrected chi connectivity index (χ2v) is 12.8. The summed E-state index contributed by atoms with van der Waals surface area (Å²) in [6.07, 6.45) is -4.60. The average Bonchev–Trinajstić information content (AvgIpc) is 2.95. The number of hydrogen-bond donors (Lipinski definition) is 1. The third-order valence-corrected chi connectivity index (χ3v) is 8.92. The van der Waals surface area contributed by atoms with Gasteiger partial charge in [0.15, 0.2) is 0 Å². The monoisotopic (exact) mass is 637 g/mol. The van der Waals surface area contributed by atoms with Crippen LogP contribution in [-0.2, 0) is 32.3 Å². The van der Waals surface area contributed by atoms with Crippen LogP contribution < -0.4 is 9.62 Å². The van der Waals surface area contributed by atoms with Crippen LogP contribution in [0.2, 0.25) is 5.02 Å². The number of carbonyl (C=O) groups is 2. The summed E-state index contributed by atoms with van der Waals surface area (Å²) < 4.78 is 69.5. The zero-order chi connectivity index (χ0) is 31.9. The molecule has 0 spiro atoms. The fourth-order valence-corrected chi connectivity index (χ4v) is 6.14. The maximum atomic E-state index is 14.1. The molecule has 12 heteroatoms. The van der Waals surface area contributed by atoms with Crippen LogP contribution in [0.25, 0.3) is 0 Å². The van der Waals surface area contributed by atoms with Gasteiger partial charge in [-0.25, -0.2) is 8.42 Å². The van der Waals surface area contributed by atoms with E-state index in [-0.39, 0.29) is 28.8 Å². The Morgan fingerprint density at radius 1 is 0.977 bits per heavy atom. The van der Waals surface area contributed by atoms with Crippen molar-refractivity contribution in [1.82, 2.24) is 10.2 Å². The highest BCUT2D eigenvalue weighted by Crippen LogP contribution is 2.37. The number of hydrogen-bond acceptors (Lipinski definition) is 4. The highest BCUT2D eigenvalue weighted by atomic mass is 35.5. The zero-order valence-corrected chi connectivity index (χ0v) is 25.9. The lowest BCUT2D eigenvalue weighted by Gasteiger charge is -2.34. The Bertz CT molecular complexity index is 1530. The number of nitrogens with one attached hydrogen (secondary N) is 1. The molecule has 0 aliphatic heterocycles. The first-order valence-corrected chi connectivity index (χ1v) is 15.5.